The van der Waals surface area contributed by atoms with E-state index < -0.39 is 11.9 Å². The molecule has 7 heteroatoms. The third kappa shape index (κ3) is 5.35. The zero-order valence-electron chi connectivity index (χ0n) is 11.0. The fourth-order valence-corrected chi connectivity index (χ4v) is 1.27. The van der Waals surface area contributed by atoms with Crippen molar-refractivity contribution in [3.63, 3.8) is 0 Å². The van der Waals surface area contributed by atoms with E-state index in [1.807, 2.05) is 19.1 Å². The Hall–Kier alpha value is -2.15. The number of hydrogen-bond donors (Lipinski definition) is 3. The van der Waals surface area contributed by atoms with Crippen LogP contribution in [0.5, 0.6) is 0 Å². The molecule has 0 atom stereocenters. The van der Waals surface area contributed by atoms with Crippen LogP contribution in [-0.2, 0) is 11.3 Å². The molecule has 1 rings (SSSR count). The van der Waals surface area contributed by atoms with Gasteiger partial charge in [-0.1, -0.05) is 6.07 Å². The normalized spacial score (nSPS) is 9.84. The zero-order valence-corrected chi connectivity index (χ0v) is 11.0. The Bertz CT molecular complexity index is 433. The molecule has 19 heavy (non-hydrogen) atoms. The number of urea groups is 1. The smallest absolute Gasteiger partial charge is 0.315 e. The summed E-state index contributed by atoms with van der Waals surface area (Å²) in [5.74, 6) is -0.561. The maximum absolute atomic E-state index is 11.4. The molecule has 0 fully saturated rings. The predicted octanol–water partition coefficient (Wildman–Crippen LogP) is 0.427. The molecule has 0 bridgehead atoms. The number of likely N-dealkylation sites (N-methyl/N-ethyl adjacent to an activating group) is 1. The standard InChI is InChI=1S/C12H18N4O3/c1-3-16(19)11(17)8-15-12(18)14-7-10-5-4-9(2)13-6-10/h4-6,19H,3,7-8H2,1-2H3,(H2,14,15,18). The summed E-state index contributed by atoms with van der Waals surface area (Å²) in [6.07, 6.45) is 1.67. The summed E-state index contributed by atoms with van der Waals surface area (Å²) >= 11 is 0. The lowest BCUT2D eigenvalue weighted by molar-refractivity contribution is -0.162. The molecule has 104 valence electrons. The molecule has 0 aliphatic rings. The lowest BCUT2D eigenvalue weighted by Gasteiger charge is -2.13. The Morgan fingerprint density at radius 3 is 2.68 bits per heavy atom. The number of nitrogens with one attached hydrogen (secondary N) is 2. The summed E-state index contributed by atoms with van der Waals surface area (Å²) in [6.45, 7) is 3.76. The molecule has 0 saturated heterocycles. The highest BCUT2D eigenvalue weighted by Gasteiger charge is 2.09. The first-order chi connectivity index (χ1) is 9.02. The number of pyridine rings is 1. The van der Waals surface area contributed by atoms with Crippen LogP contribution in [0.15, 0.2) is 18.3 Å². The lowest BCUT2D eigenvalue weighted by atomic mass is 10.2. The first kappa shape index (κ1) is 14.9. The van der Waals surface area contributed by atoms with Crippen molar-refractivity contribution in [2.45, 2.75) is 20.4 Å². The number of hydroxylamine groups is 2. The third-order valence-corrected chi connectivity index (χ3v) is 2.41. The van der Waals surface area contributed by atoms with Gasteiger partial charge in [-0.05, 0) is 25.5 Å². The Kier molecular flexibility index (Phi) is 5.74. The average molecular weight is 266 g/mol. The maximum atomic E-state index is 11.4. The van der Waals surface area contributed by atoms with E-state index in [0.717, 1.165) is 11.3 Å². The van der Waals surface area contributed by atoms with Gasteiger partial charge in [0, 0.05) is 25.0 Å². The fourth-order valence-electron chi connectivity index (χ4n) is 1.27. The van der Waals surface area contributed by atoms with E-state index in [1.165, 1.54) is 0 Å². The Morgan fingerprint density at radius 2 is 2.11 bits per heavy atom. The van der Waals surface area contributed by atoms with Crippen LogP contribution in [0.4, 0.5) is 4.79 Å². The van der Waals surface area contributed by atoms with Crippen LogP contribution in [0.1, 0.15) is 18.2 Å². The van der Waals surface area contributed by atoms with Gasteiger partial charge in [0.2, 0.25) is 0 Å². The van der Waals surface area contributed by atoms with Crippen molar-refractivity contribution in [1.29, 1.82) is 0 Å². The van der Waals surface area contributed by atoms with E-state index in [4.69, 9.17) is 5.21 Å². The SMILES string of the molecule is CCN(O)C(=O)CNC(=O)NCc1ccc(C)nc1. The summed E-state index contributed by atoms with van der Waals surface area (Å²) in [4.78, 5) is 26.7. The van der Waals surface area contributed by atoms with Gasteiger partial charge in [-0.25, -0.2) is 9.86 Å². The van der Waals surface area contributed by atoms with Crippen LogP contribution < -0.4 is 10.6 Å². The van der Waals surface area contributed by atoms with E-state index >= 15 is 0 Å². The van der Waals surface area contributed by atoms with Crippen molar-refractivity contribution in [2.75, 3.05) is 13.1 Å². The molecule has 0 aromatic carbocycles. The van der Waals surface area contributed by atoms with Crippen molar-refractivity contribution in [1.82, 2.24) is 20.7 Å². The number of hydrogen-bond acceptors (Lipinski definition) is 4. The van der Waals surface area contributed by atoms with E-state index in [-0.39, 0.29) is 13.1 Å². The summed E-state index contributed by atoms with van der Waals surface area (Å²) in [6, 6.07) is 3.24. The average Bonchev–Trinajstić information content (AvgIpc) is 2.43. The van der Waals surface area contributed by atoms with Gasteiger partial charge in [-0.2, -0.15) is 0 Å². The Morgan fingerprint density at radius 1 is 1.37 bits per heavy atom. The second-order valence-electron chi connectivity index (χ2n) is 3.95. The molecule has 0 radical (unpaired) electrons. The monoisotopic (exact) mass is 266 g/mol. The minimum Gasteiger partial charge on any atom is -0.334 e. The molecule has 0 unspecified atom stereocenters. The van der Waals surface area contributed by atoms with E-state index in [0.29, 0.717) is 11.6 Å². The molecule has 0 aliphatic heterocycles. The predicted molar refractivity (Wildman–Crippen MR) is 68.4 cm³/mol. The Balaban J connectivity index is 2.28. The van der Waals surface area contributed by atoms with Gasteiger partial charge in [0.1, 0.15) is 6.54 Å². The number of amides is 3. The summed E-state index contributed by atoms with van der Waals surface area (Å²) < 4.78 is 0. The van der Waals surface area contributed by atoms with Crippen LogP contribution >= 0.6 is 0 Å². The van der Waals surface area contributed by atoms with Crippen molar-refractivity contribution in [3.8, 4) is 0 Å². The van der Waals surface area contributed by atoms with Crippen molar-refractivity contribution in [3.05, 3.63) is 29.6 Å². The third-order valence-electron chi connectivity index (χ3n) is 2.41. The number of carbonyl (C=O) groups is 2. The Labute approximate surface area is 111 Å². The summed E-state index contributed by atoms with van der Waals surface area (Å²) in [5.41, 5.74) is 1.77. The number of carbonyl (C=O) groups excluding carboxylic acids is 2. The maximum Gasteiger partial charge on any atom is 0.315 e. The van der Waals surface area contributed by atoms with E-state index in [2.05, 4.69) is 15.6 Å². The molecule has 0 aliphatic carbocycles. The number of aryl methyl sites for hydroxylation is 1. The lowest BCUT2D eigenvalue weighted by Crippen LogP contribution is -2.42. The largest absolute Gasteiger partial charge is 0.334 e. The molecule has 1 heterocycles. The molecule has 7 nitrogen and oxygen atoms in total. The molecular weight excluding hydrogens is 248 g/mol. The highest BCUT2D eigenvalue weighted by molar-refractivity contribution is 5.83. The highest BCUT2D eigenvalue weighted by Crippen LogP contribution is 1.98. The van der Waals surface area contributed by atoms with Gasteiger partial charge >= 0.3 is 6.03 Å². The second kappa shape index (κ2) is 7.32. The molecule has 0 saturated carbocycles. The molecule has 1 aromatic heterocycles. The van der Waals surface area contributed by atoms with Gasteiger partial charge in [-0.3, -0.25) is 15.0 Å². The highest BCUT2D eigenvalue weighted by atomic mass is 16.5. The van der Waals surface area contributed by atoms with Crippen molar-refractivity contribution >= 4 is 11.9 Å². The van der Waals surface area contributed by atoms with Gasteiger partial charge in [0.15, 0.2) is 0 Å². The van der Waals surface area contributed by atoms with E-state index in [1.54, 1.807) is 13.1 Å². The molecule has 0 spiro atoms. The molecular formula is C12H18N4O3. The quantitative estimate of drug-likeness (QED) is 0.532. The van der Waals surface area contributed by atoms with Crippen LogP contribution in [0.25, 0.3) is 0 Å². The van der Waals surface area contributed by atoms with Crippen LogP contribution in [0, 0.1) is 6.92 Å². The van der Waals surface area contributed by atoms with Crippen LogP contribution in [-0.4, -0.2) is 40.3 Å². The van der Waals surface area contributed by atoms with Crippen LogP contribution in [0.3, 0.4) is 0 Å². The van der Waals surface area contributed by atoms with Crippen LogP contribution in [0.2, 0.25) is 0 Å². The fraction of sp³-hybridized carbons (Fsp3) is 0.417. The second-order valence-corrected chi connectivity index (χ2v) is 3.95. The molecule has 3 amide bonds. The molecule has 3 N–H and O–H groups in total. The van der Waals surface area contributed by atoms with Crippen molar-refractivity contribution in [2.24, 2.45) is 0 Å². The van der Waals surface area contributed by atoms with Gasteiger partial charge in [0.25, 0.3) is 5.91 Å². The minimum atomic E-state index is -0.561. The molecule has 1 aromatic rings. The number of aromatic nitrogens is 1. The summed E-state index contributed by atoms with van der Waals surface area (Å²) in [5, 5.41) is 14.6. The first-order valence-electron chi connectivity index (χ1n) is 5.95. The first-order valence-corrected chi connectivity index (χ1v) is 5.95. The summed E-state index contributed by atoms with van der Waals surface area (Å²) in [7, 11) is 0. The van der Waals surface area contributed by atoms with Crippen molar-refractivity contribution < 1.29 is 14.8 Å². The topological polar surface area (TPSA) is 94.6 Å². The zero-order chi connectivity index (χ0) is 14.3. The van der Waals surface area contributed by atoms with Gasteiger partial charge in [0.05, 0.1) is 0 Å². The number of nitrogens with zero attached hydrogens (tertiary/aromatic N) is 2. The van der Waals surface area contributed by atoms with Gasteiger partial charge < -0.3 is 10.6 Å². The van der Waals surface area contributed by atoms with E-state index in [9.17, 15) is 9.59 Å². The number of rotatable bonds is 5. The van der Waals surface area contributed by atoms with Gasteiger partial charge in [-0.15, -0.1) is 0 Å². The minimum absolute atomic E-state index is 0.178.